The second-order valence-corrected chi connectivity index (χ2v) is 21.6. The molecular weight excluding hydrogens is 882 g/mol. The molecule has 3 fully saturated rings. The molecule has 4 aliphatic rings. The lowest BCUT2D eigenvalue weighted by Gasteiger charge is -2.30. The molecule has 2 aliphatic carbocycles. The smallest absolute Gasteiger partial charge is 0.416 e. The van der Waals surface area contributed by atoms with E-state index >= 15 is 4.79 Å². The predicted molar refractivity (Wildman–Crippen MR) is 242 cm³/mol. The molecule has 3 N–H and O–H groups in total. The van der Waals surface area contributed by atoms with Crippen LogP contribution in [0, 0.1) is 19.8 Å². The van der Waals surface area contributed by atoms with Crippen molar-refractivity contribution < 1.29 is 45.4 Å². The summed E-state index contributed by atoms with van der Waals surface area (Å²) in [4.78, 5) is 55.1. The van der Waals surface area contributed by atoms with E-state index in [2.05, 4.69) is 29.2 Å². The summed E-state index contributed by atoms with van der Waals surface area (Å²) in [7, 11) is -2.49. The Labute approximate surface area is 381 Å². The summed E-state index contributed by atoms with van der Waals surface area (Å²) in [5, 5.41) is 9.31. The van der Waals surface area contributed by atoms with Gasteiger partial charge in [0.15, 0.2) is 0 Å². The number of amides is 3. The Morgan fingerprint density at radius 2 is 1.82 bits per heavy atom. The minimum Gasteiger partial charge on any atom is -0.496 e. The SMILES string of the molecule is COc1ccc2c(O[C@@H]3C[C@H]4C(=O)N[C@]5(C(=O)NS(=O)(=O)C6(C)CC6)C[C@H]5C=CCCCCC[C@H](Nc5cc(C)cc(C(F)(F)F)c5)C(=O)N4C3)cc(-c3nc(C(C)C)cs3)nc2c1C. The van der Waals surface area contributed by atoms with Gasteiger partial charge in [-0.1, -0.05) is 38.8 Å². The second kappa shape index (κ2) is 17.5. The second-order valence-electron chi connectivity index (χ2n) is 18.5. The average molecular weight is 937 g/mol. The van der Waals surface area contributed by atoms with Crippen molar-refractivity contribution in [1.82, 2.24) is 24.9 Å². The lowest BCUT2D eigenvalue weighted by atomic mass is 10.0. The van der Waals surface area contributed by atoms with Crippen molar-refractivity contribution in [2.24, 2.45) is 5.92 Å². The maximum atomic E-state index is 15.0. The third-order valence-corrected chi connectivity index (χ3v) is 16.3. The maximum absolute atomic E-state index is 15.0. The van der Waals surface area contributed by atoms with Crippen molar-refractivity contribution in [3.8, 4) is 22.2 Å². The highest BCUT2D eigenvalue weighted by Crippen LogP contribution is 2.48. The molecular formula is C47H55F3N6O7S2. The highest BCUT2D eigenvalue weighted by atomic mass is 32.2. The summed E-state index contributed by atoms with van der Waals surface area (Å²) in [6, 6.07) is 6.74. The summed E-state index contributed by atoms with van der Waals surface area (Å²) in [5.41, 5.74) is 0.830. The summed E-state index contributed by atoms with van der Waals surface area (Å²) < 4.78 is 82.3. The number of hydrogen-bond donors (Lipinski definition) is 3. The van der Waals surface area contributed by atoms with E-state index in [1.54, 1.807) is 33.1 Å². The van der Waals surface area contributed by atoms with Crippen LogP contribution in [-0.2, 0) is 30.6 Å². The Morgan fingerprint density at radius 3 is 2.51 bits per heavy atom. The van der Waals surface area contributed by atoms with Crippen molar-refractivity contribution in [2.45, 2.75) is 133 Å². The molecule has 3 amide bonds. The number of nitrogens with one attached hydrogen (secondary N) is 3. The van der Waals surface area contributed by atoms with Crippen LogP contribution in [0.3, 0.4) is 0 Å². The number of pyridine rings is 1. The monoisotopic (exact) mass is 936 g/mol. The number of rotatable bonds is 10. The number of carbonyl (C=O) groups excluding carboxylic acids is 3. The van der Waals surface area contributed by atoms with Crippen molar-refractivity contribution >= 4 is 55.7 Å². The molecule has 2 saturated carbocycles. The van der Waals surface area contributed by atoms with Crippen molar-refractivity contribution in [1.29, 1.82) is 0 Å². The van der Waals surface area contributed by atoms with Gasteiger partial charge in [-0.15, -0.1) is 11.3 Å². The maximum Gasteiger partial charge on any atom is 0.416 e. The summed E-state index contributed by atoms with van der Waals surface area (Å²) >= 11 is 1.45. The number of nitrogens with zero attached hydrogens (tertiary/aromatic N) is 3. The van der Waals surface area contributed by atoms with Gasteiger partial charge in [-0.05, 0) is 101 Å². The largest absolute Gasteiger partial charge is 0.496 e. The zero-order chi connectivity index (χ0) is 46.6. The first-order valence-electron chi connectivity index (χ1n) is 22.1. The average Bonchev–Trinajstić information content (AvgIpc) is 4.02. The lowest BCUT2D eigenvalue weighted by molar-refractivity contribution is -0.140. The molecule has 0 bridgehead atoms. The molecule has 0 radical (unpaired) electrons. The van der Waals surface area contributed by atoms with Crippen LogP contribution in [0.2, 0.25) is 0 Å². The number of aromatic nitrogens is 2. The van der Waals surface area contributed by atoms with E-state index in [1.165, 1.54) is 16.2 Å². The van der Waals surface area contributed by atoms with Gasteiger partial charge in [0, 0.05) is 40.4 Å². The van der Waals surface area contributed by atoms with Gasteiger partial charge < -0.3 is 25.0 Å². The standard InChI is InChI=1S/C47H55F3N6O7S2/c1-26(2)36-25-64-42(53-36)35-22-39(33-14-15-38(62-6)28(4)40(33)52-35)63-32-21-37-41(57)54-46(44(59)55-65(60,61)45(5)16-17-45)23-29(46)12-10-8-7-9-11-13-34(43(58)56(37)24-32)51-31-19-27(3)18-30(20-31)47(48,49)50/h10,12,14-15,18-20,22,25-26,29,32,34,37,51H,7-9,11,13,16-17,21,23-24H2,1-6H3,(H,54,57)(H,55,59)/t29-,32-,34+,37+,46-/m1/s1. The first-order valence-corrected chi connectivity index (χ1v) is 24.5. The van der Waals surface area contributed by atoms with Gasteiger partial charge in [0.25, 0.3) is 5.91 Å². The number of halogens is 3. The van der Waals surface area contributed by atoms with Crippen LogP contribution >= 0.6 is 11.3 Å². The molecule has 18 heteroatoms. The van der Waals surface area contributed by atoms with Crippen molar-refractivity contribution in [3.05, 3.63) is 76.3 Å². The van der Waals surface area contributed by atoms with Crippen LogP contribution in [0.15, 0.2) is 53.9 Å². The first kappa shape index (κ1) is 46.3. The molecule has 2 aromatic heterocycles. The lowest BCUT2D eigenvalue weighted by Crippen LogP contribution is -2.58. The molecule has 0 spiro atoms. The van der Waals surface area contributed by atoms with Crippen LogP contribution in [0.4, 0.5) is 18.9 Å². The summed E-state index contributed by atoms with van der Waals surface area (Å²) in [6.45, 7) is 9.02. The number of alkyl halides is 3. The number of thiazole rings is 1. The van der Waals surface area contributed by atoms with E-state index in [-0.39, 0.29) is 37.4 Å². The summed E-state index contributed by atoms with van der Waals surface area (Å²) in [6.07, 6.45) is 2.12. The Morgan fingerprint density at radius 1 is 1.05 bits per heavy atom. The number of anilines is 1. The fraction of sp³-hybridized carbons (Fsp3) is 0.511. The number of sulfonamides is 1. The molecule has 2 aliphatic heterocycles. The molecule has 0 unspecified atom stereocenters. The first-order chi connectivity index (χ1) is 30.7. The van der Waals surface area contributed by atoms with Crippen LogP contribution in [-0.4, -0.2) is 83.1 Å². The molecule has 5 atom stereocenters. The van der Waals surface area contributed by atoms with Gasteiger partial charge in [-0.3, -0.25) is 19.1 Å². The topological polar surface area (TPSA) is 169 Å². The quantitative estimate of drug-likeness (QED) is 0.132. The zero-order valence-corrected chi connectivity index (χ0v) is 38.9. The number of hydrogen-bond acceptors (Lipinski definition) is 11. The number of fused-ring (bicyclic) bond motifs is 3. The van der Waals surface area contributed by atoms with Crippen LogP contribution in [0.25, 0.3) is 21.6 Å². The number of benzene rings is 2. The van der Waals surface area contributed by atoms with Crippen LogP contribution in [0.5, 0.6) is 11.5 Å². The molecule has 2 aromatic carbocycles. The molecule has 65 heavy (non-hydrogen) atoms. The number of methoxy groups -OCH3 is 1. The molecule has 4 heterocycles. The minimum absolute atomic E-state index is 0.0232. The molecule has 1 saturated heterocycles. The molecule has 4 aromatic rings. The number of aryl methyl sites for hydroxylation is 2. The van der Waals surface area contributed by atoms with Gasteiger partial charge in [-0.25, -0.2) is 18.4 Å². The normalized spacial score (nSPS) is 24.7. The van der Waals surface area contributed by atoms with E-state index in [1.807, 2.05) is 36.6 Å². The van der Waals surface area contributed by atoms with Gasteiger partial charge in [0.05, 0.1) is 35.2 Å². The minimum atomic E-state index is -4.62. The van der Waals surface area contributed by atoms with Crippen molar-refractivity contribution in [3.63, 3.8) is 0 Å². The van der Waals surface area contributed by atoms with E-state index < -0.39 is 73.9 Å². The van der Waals surface area contributed by atoms with E-state index in [0.717, 1.165) is 29.8 Å². The predicted octanol–water partition coefficient (Wildman–Crippen LogP) is 8.35. The van der Waals surface area contributed by atoms with E-state index in [9.17, 15) is 31.2 Å². The Kier molecular flexibility index (Phi) is 12.5. The number of carbonyl (C=O) groups is 3. The number of ether oxygens (including phenoxy) is 2. The van der Waals surface area contributed by atoms with Gasteiger partial charge in [0.1, 0.15) is 45.9 Å². The fourth-order valence-electron chi connectivity index (χ4n) is 8.83. The van der Waals surface area contributed by atoms with Gasteiger partial charge >= 0.3 is 6.18 Å². The Hall–Kier alpha value is -5.23. The highest BCUT2D eigenvalue weighted by molar-refractivity contribution is 7.91. The van der Waals surface area contributed by atoms with E-state index in [4.69, 9.17) is 19.4 Å². The van der Waals surface area contributed by atoms with E-state index in [0.29, 0.717) is 70.8 Å². The fourth-order valence-corrected chi connectivity index (χ4v) is 11.1. The van der Waals surface area contributed by atoms with Gasteiger partial charge in [-0.2, -0.15) is 13.2 Å². The van der Waals surface area contributed by atoms with Crippen LogP contribution < -0.4 is 24.8 Å². The third-order valence-electron chi connectivity index (χ3n) is 13.2. The Balaban J connectivity index is 1.17. The highest BCUT2D eigenvalue weighted by Gasteiger charge is 2.63. The molecule has 348 valence electrons. The van der Waals surface area contributed by atoms with Crippen molar-refractivity contribution in [2.75, 3.05) is 19.0 Å². The third kappa shape index (κ3) is 9.42. The molecule has 13 nitrogen and oxygen atoms in total. The Bertz CT molecular complexity index is 2670. The van der Waals surface area contributed by atoms with Gasteiger partial charge in [0.2, 0.25) is 21.8 Å². The van der Waals surface area contributed by atoms with Crippen LogP contribution in [0.1, 0.15) is 107 Å². The zero-order valence-electron chi connectivity index (χ0n) is 37.3. The number of allylic oxidation sites excluding steroid dienone is 1. The molecule has 8 rings (SSSR count). The summed E-state index contributed by atoms with van der Waals surface area (Å²) in [5.74, 6) is -1.33.